The standard InChI is InChI=1S/C14H17Cl3N2/c1-9(8-14(3,16)17)19-11-5-6-13(15)12(7-11)10(2)18-4/h5-7,18-19H,1-2,8H2,3-4H3. The van der Waals surface area contributed by atoms with Crippen LogP contribution in [0.25, 0.3) is 5.70 Å². The van der Waals surface area contributed by atoms with Crippen LogP contribution >= 0.6 is 34.8 Å². The van der Waals surface area contributed by atoms with Gasteiger partial charge in [-0.2, -0.15) is 0 Å². The van der Waals surface area contributed by atoms with E-state index in [0.29, 0.717) is 11.4 Å². The van der Waals surface area contributed by atoms with Gasteiger partial charge < -0.3 is 10.6 Å². The van der Waals surface area contributed by atoms with Crippen molar-refractivity contribution in [3.05, 3.63) is 47.6 Å². The zero-order valence-electron chi connectivity index (χ0n) is 11.0. The lowest BCUT2D eigenvalue weighted by Gasteiger charge is -2.17. The van der Waals surface area contributed by atoms with Gasteiger partial charge in [-0.25, -0.2) is 0 Å². The Morgan fingerprint density at radius 1 is 1.32 bits per heavy atom. The van der Waals surface area contributed by atoms with Gasteiger partial charge in [-0.3, -0.25) is 0 Å². The molecule has 0 fully saturated rings. The molecule has 0 heterocycles. The number of nitrogens with one attached hydrogen (secondary N) is 2. The fourth-order valence-corrected chi connectivity index (χ4v) is 2.15. The molecule has 0 aliphatic heterocycles. The largest absolute Gasteiger partial charge is 0.388 e. The SMILES string of the molecule is C=C(CC(C)(Cl)Cl)Nc1ccc(Cl)c(C(=C)NC)c1. The van der Waals surface area contributed by atoms with Crippen LogP contribution in [0.5, 0.6) is 0 Å². The smallest absolute Gasteiger partial charge is 0.120 e. The van der Waals surface area contributed by atoms with Crippen LogP contribution in [0.4, 0.5) is 5.69 Å². The molecule has 0 amide bonds. The predicted octanol–water partition coefficient (Wildman–Crippen LogP) is 5.04. The van der Waals surface area contributed by atoms with Gasteiger partial charge in [0.15, 0.2) is 0 Å². The molecule has 1 aromatic carbocycles. The first-order valence-electron chi connectivity index (χ1n) is 5.72. The van der Waals surface area contributed by atoms with Crippen LogP contribution in [0.3, 0.4) is 0 Å². The molecule has 0 aromatic heterocycles. The fraction of sp³-hybridized carbons (Fsp3) is 0.286. The first-order valence-corrected chi connectivity index (χ1v) is 6.85. The van der Waals surface area contributed by atoms with Crippen LogP contribution in [-0.2, 0) is 0 Å². The topological polar surface area (TPSA) is 24.1 Å². The highest BCUT2D eigenvalue weighted by Gasteiger charge is 2.17. The van der Waals surface area contributed by atoms with E-state index in [9.17, 15) is 0 Å². The summed E-state index contributed by atoms with van der Waals surface area (Å²) in [5.41, 5.74) is 3.18. The molecule has 0 aliphatic rings. The Kier molecular flexibility index (Phi) is 5.60. The lowest BCUT2D eigenvalue weighted by atomic mass is 10.1. The van der Waals surface area contributed by atoms with Crippen LogP contribution < -0.4 is 10.6 Å². The van der Waals surface area contributed by atoms with Crippen molar-refractivity contribution >= 4 is 46.2 Å². The van der Waals surface area contributed by atoms with Gasteiger partial charge in [0.25, 0.3) is 0 Å². The monoisotopic (exact) mass is 318 g/mol. The summed E-state index contributed by atoms with van der Waals surface area (Å²) in [4.78, 5) is 0. The first kappa shape index (κ1) is 16.2. The van der Waals surface area contributed by atoms with E-state index >= 15 is 0 Å². The molecule has 2 N–H and O–H groups in total. The van der Waals surface area contributed by atoms with Crippen LogP contribution in [0.2, 0.25) is 5.02 Å². The summed E-state index contributed by atoms with van der Waals surface area (Å²) in [7, 11) is 1.80. The third-order valence-corrected chi connectivity index (χ3v) is 3.04. The molecule has 0 saturated carbocycles. The summed E-state index contributed by atoms with van der Waals surface area (Å²) in [5, 5.41) is 6.76. The number of hydrogen-bond donors (Lipinski definition) is 2. The molecule has 0 unspecified atom stereocenters. The normalized spacial score (nSPS) is 11.0. The average Bonchev–Trinajstić information content (AvgIpc) is 2.28. The highest BCUT2D eigenvalue weighted by Crippen LogP contribution is 2.29. The van der Waals surface area contributed by atoms with Gasteiger partial charge in [-0.1, -0.05) is 24.8 Å². The molecule has 0 radical (unpaired) electrons. The van der Waals surface area contributed by atoms with Crippen molar-refractivity contribution < 1.29 is 0 Å². The van der Waals surface area contributed by atoms with Crippen molar-refractivity contribution in [2.24, 2.45) is 0 Å². The zero-order valence-corrected chi connectivity index (χ0v) is 13.3. The van der Waals surface area contributed by atoms with E-state index < -0.39 is 4.33 Å². The summed E-state index contributed by atoms with van der Waals surface area (Å²) in [6.45, 7) is 9.52. The maximum Gasteiger partial charge on any atom is 0.120 e. The van der Waals surface area contributed by atoms with Crippen molar-refractivity contribution in [2.75, 3.05) is 12.4 Å². The lowest BCUT2D eigenvalue weighted by Crippen LogP contribution is -2.11. The van der Waals surface area contributed by atoms with Crippen molar-refractivity contribution in [3.8, 4) is 0 Å². The van der Waals surface area contributed by atoms with Crippen LogP contribution in [-0.4, -0.2) is 11.4 Å². The van der Waals surface area contributed by atoms with Gasteiger partial charge >= 0.3 is 0 Å². The third-order valence-electron chi connectivity index (χ3n) is 2.44. The highest BCUT2D eigenvalue weighted by atomic mass is 35.5. The van der Waals surface area contributed by atoms with E-state index in [1.54, 1.807) is 20.0 Å². The van der Waals surface area contributed by atoms with E-state index in [0.717, 1.165) is 22.6 Å². The number of anilines is 1. The molecular weight excluding hydrogens is 303 g/mol. The van der Waals surface area contributed by atoms with Gasteiger partial charge in [0.05, 0.1) is 0 Å². The number of allylic oxidation sites excluding steroid dienone is 1. The van der Waals surface area contributed by atoms with Crippen molar-refractivity contribution in [1.82, 2.24) is 5.32 Å². The quantitative estimate of drug-likeness (QED) is 0.718. The Balaban J connectivity index is 2.86. The van der Waals surface area contributed by atoms with E-state index in [4.69, 9.17) is 34.8 Å². The fourth-order valence-electron chi connectivity index (χ4n) is 1.59. The summed E-state index contributed by atoms with van der Waals surface area (Å²) in [5.74, 6) is 0. The molecule has 0 spiro atoms. The third kappa shape index (κ3) is 5.35. The van der Waals surface area contributed by atoms with Gasteiger partial charge in [-0.15, -0.1) is 23.2 Å². The van der Waals surface area contributed by atoms with Gasteiger partial charge in [0.2, 0.25) is 0 Å². The first-order chi connectivity index (χ1) is 8.73. The molecule has 0 bridgehead atoms. The number of rotatable bonds is 6. The van der Waals surface area contributed by atoms with Gasteiger partial charge in [0.1, 0.15) is 4.33 Å². The Morgan fingerprint density at radius 2 is 1.95 bits per heavy atom. The van der Waals surface area contributed by atoms with Crippen molar-refractivity contribution in [3.63, 3.8) is 0 Å². The average molecular weight is 320 g/mol. The summed E-state index contributed by atoms with van der Waals surface area (Å²) in [6.07, 6.45) is 0.445. The van der Waals surface area contributed by atoms with E-state index in [2.05, 4.69) is 23.8 Å². The second-order valence-electron chi connectivity index (χ2n) is 4.40. The van der Waals surface area contributed by atoms with Gasteiger partial charge in [-0.05, 0) is 25.1 Å². The highest BCUT2D eigenvalue weighted by molar-refractivity contribution is 6.48. The van der Waals surface area contributed by atoms with Crippen LogP contribution in [0.15, 0.2) is 37.1 Å². The number of halogens is 3. The van der Waals surface area contributed by atoms with Crippen molar-refractivity contribution in [1.29, 1.82) is 0 Å². The Hall–Kier alpha value is -0.830. The molecule has 104 valence electrons. The minimum absolute atomic E-state index is 0.445. The molecule has 19 heavy (non-hydrogen) atoms. The number of hydrogen-bond acceptors (Lipinski definition) is 2. The van der Waals surface area contributed by atoms with E-state index in [-0.39, 0.29) is 0 Å². The summed E-state index contributed by atoms with van der Waals surface area (Å²) < 4.78 is -0.839. The molecule has 1 aromatic rings. The zero-order chi connectivity index (χ0) is 14.6. The summed E-state index contributed by atoms with van der Waals surface area (Å²) >= 11 is 18.0. The Labute approximate surface area is 129 Å². The predicted molar refractivity (Wildman–Crippen MR) is 87.0 cm³/mol. The summed E-state index contributed by atoms with van der Waals surface area (Å²) in [6, 6.07) is 5.56. The second kappa shape index (κ2) is 6.56. The van der Waals surface area contributed by atoms with Crippen LogP contribution in [0, 0.1) is 0 Å². The molecule has 0 saturated heterocycles. The molecule has 5 heteroatoms. The molecule has 0 atom stereocenters. The maximum atomic E-state index is 6.12. The maximum absolute atomic E-state index is 6.12. The van der Waals surface area contributed by atoms with E-state index in [1.807, 2.05) is 12.1 Å². The Bertz CT molecular complexity index is 490. The minimum atomic E-state index is -0.839. The van der Waals surface area contributed by atoms with Gasteiger partial charge in [0, 0.05) is 41.1 Å². The van der Waals surface area contributed by atoms with Crippen LogP contribution in [0.1, 0.15) is 18.9 Å². The van der Waals surface area contributed by atoms with Crippen molar-refractivity contribution in [2.45, 2.75) is 17.7 Å². The minimum Gasteiger partial charge on any atom is -0.388 e. The lowest BCUT2D eigenvalue weighted by molar-refractivity contribution is 0.847. The molecule has 0 aliphatic carbocycles. The second-order valence-corrected chi connectivity index (χ2v) is 6.67. The number of benzene rings is 1. The molecule has 1 rings (SSSR count). The molecular formula is C14H17Cl3N2. The number of alkyl halides is 2. The Morgan fingerprint density at radius 3 is 2.47 bits per heavy atom. The molecule has 2 nitrogen and oxygen atoms in total. The van der Waals surface area contributed by atoms with E-state index in [1.165, 1.54) is 0 Å².